The van der Waals surface area contributed by atoms with Gasteiger partial charge in [-0.3, -0.25) is 0 Å². The van der Waals surface area contributed by atoms with E-state index in [1.165, 1.54) is 5.69 Å². The number of hydrogen-bond donors (Lipinski definition) is 2. The Morgan fingerprint density at radius 3 is 1.95 bits per heavy atom. The second-order valence-electron chi connectivity index (χ2n) is 9.61. The van der Waals surface area contributed by atoms with Crippen LogP contribution < -0.4 is 11.1 Å². The SMILES string of the molecule is CCNc1cc(-c2nn(C(c3ccccc3)(c3ccccc3)c3ccccc3)c3c2C=C(N)CC3)ccn1. The number of hydrogen-bond acceptors (Lipinski definition) is 4. The van der Waals surface area contributed by atoms with Crippen LogP contribution in [0.2, 0.25) is 0 Å². The monoisotopic (exact) mass is 497 g/mol. The van der Waals surface area contributed by atoms with Gasteiger partial charge in [0.05, 0.1) is 0 Å². The number of allylic oxidation sites excluding steroid dienone is 1. The molecular formula is C33H31N5. The highest BCUT2D eigenvalue weighted by Crippen LogP contribution is 2.44. The van der Waals surface area contributed by atoms with Crippen molar-refractivity contribution in [1.29, 1.82) is 0 Å². The Morgan fingerprint density at radius 2 is 1.39 bits per heavy atom. The first kappa shape index (κ1) is 23.7. The molecule has 0 bridgehead atoms. The van der Waals surface area contributed by atoms with Gasteiger partial charge in [0.1, 0.15) is 17.1 Å². The van der Waals surface area contributed by atoms with E-state index in [1.807, 2.05) is 12.3 Å². The predicted octanol–water partition coefficient (Wildman–Crippen LogP) is 6.46. The standard InChI is InChI=1S/C33H31N5/c1-2-35-31-22-24(20-21-36-31)32-29-23-28(34)18-19-30(29)38(37-32)33(25-12-6-3-7-13-25,26-14-8-4-9-15-26)27-16-10-5-11-17-27/h3-17,20-23H,2,18-19,34H2,1H3,(H,35,36). The van der Waals surface area contributed by atoms with E-state index in [0.29, 0.717) is 0 Å². The van der Waals surface area contributed by atoms with Gasteiger partial charge in [0.25, 0.3) is 0 Å². The van der Waals surface area contributed by atoms with Crippen LogP contribution in [0.25, 0.3) is 17.3 Å². The molecule has 0 amide bonds. The number of nitrogens with zero attached hydrogens (tertiary/aromatic N) is 3. The van der Waals surface area contributed by atoms with Crippen molar-refractivity contribution >= 4 is 11.9 Å². The van der Waals surface area contributed by atoms with E-state index in [4.69, 9.17) is 10.8 Å². The van der Waals surface area contributed by atoms with Crippen LogP contribution >= 0.6 is 0 Å². The first-order chi connectivity index (χ1) is 18.7. The first-order valence-electron chi connectivity index (χ1n) is 13.2. The maximum atomic E-state index is 6.43. The molecule has 1 aliphatic rings. The van der Waals surface area contributed by atoms with Crippen molar-refractivity contribution in [2.24, 2.45) is 5.73 Å². The summed E-state index contributed by atoms with van der Waals surface area (Å²) in [4.78, 5) is 4.49. The van der Waals surface area contributed by atoms with Crippen LogP contribution in [0.1, 0.15) is 41.3 Å². The quantitative estimate of drug-likeness (QED) is 0.253. The number of nitrogens with two attached hydrogens (primary N) is 1. The smallest absolute Gasteiger partial charge is 0.138 e. The molecule has 5 heteroatoms. The second-order valence-corrected chi connectivity index (χ2v) is 9.61. The molecule has 5 aromatic rings. The number of fused-ring (bicyclic) bond motifs is 1. The number of rotatable bonds is 7. The third-order valence-electron chi connectivity index (χ3n) is 7.29. The minimum absolute atomic E-state index is 0.677. The van der Waals surface area contributed by atoms with E-state index in [0.717, 1.165) is 64.4 Å². The van der Waals surface area contributed by atoms with E-state index < -0.39 is 5.54 Å². The van der Waals surface area contributed by atoms with Crippen LogP contribution in [-0.4, -0.2) is 21.3 Å². The molecule has 0 saturated heterocycles. The molecule has 0 saturated carbocycles. The van der Waals surface area contributed by atoms with Crippen molar-refractivity contribution in [1.82, 2.24) is 14.8 Å². The Morgan fingerprint density at radius 1 is 0.816 bits per heavy atom. The van der Waals surface area contributed by atoms with Gasteiger partial charge in [0.2, 0.25) is 0 Å². The van der Waals surface area contributed by atoms with Crippen molar-refractivity contribution in [3.63, 3.8) is 0 Å². The van der Waals surface area contributed by atoms with Crippen LogP contribution in [0.3, 0.4) is 0 Å². The molecule has 0 atom stereocenters. The van der Waals surface area contributed by atoms with Crippen molar-refractivity contribution < 1.29 is 0 Å². The average Bonchev–Trinajstić information content (AvgIpc) is 3.34. The normalized spacial score (nSPS) is 13.0. The van der Waals surface area contributed by atoms with Gasteiger partial charge < -0.3 is 11.1 Å². The van der Waals surface area contributed by atoms with Crippen LogP contribution in [0.15, 0.2) is 115 Å². The molecule has 0 unspecified atom stereocenters. The molecule has 38 heavy (non-hydrogen) atoms. The second kappa shape index (κ2) is 10.0. The van der Waals surface area contributed by atoms with E-state index in [1.54, 1.807) is 0 Å². The molecule has 0 fully saturated rings. The number of nitrogens with one attached hydrogen (secondary N) is 1. The van der Waals surface area contributed by atoms with Gasteiger partial charge in [0, 0.05) is 35.3 Å². The number of benzene rings is 3. The fourth-order valence-corrected chi connectivity index (χ4v) is 5.63. The van der Waals surface area contributed by atoms with Crippen LogP contribution in [0.4, 0.5) is 5.82 Å². The fourth-order valence-electron chi connectivity index (χ4n) is 5.63. The molecule has 5 nitrogen and oxygen atoms in total. The molecule has 188 valence electrons. The Balaban J connectivity index is 1.72. The summed E-state index contributed by atoms with van der Waals surface area (Å²) in [5.74, 6) is 0.835. The van der Waals surface area contributed by atoms with Crippen LogP contribution in [0, 0.1) is 0 Å². The molecule has 0 spiro atoms. The summed E-state index contributed by atoms with van der Waals surface area (Å²) >= 11 is 0. The molecule has 6 rings (SSSR count). The summed E-state index contributed by atoms with van der Waals surface area (Å²) in [6, 6.07) is 36.2. The van der Waals surface area contributed by atoms with E-state index in [9.17, 15) is 0 Å². The fraction of sp³-hybridized carbons (Fsp3) is 0.152. The largest absolute Gasteiger partial charge is 0.402 e. The van der Waals surface area contributed by atoms with Gasteiger partial charge >= 0.3 is 0 Å². The summed E-state index contributed by atoms with van der Waals surface area (Å²) in [6.07, 6.45) is 5.56. The maximum absolute atomic E-state index is 6.43. The minimum atomic E-state index is -0.677. The zero-order valence-corrected chi connectivity index (χ0v) is 21.5. The molecule has 0 aliphatic heterocycles. The van der Waals surface area contributed by atoms with E-state index >= 15 is 0 Å². The van der Waals surface area contributed by atoms with Crippen LogP contribution in [-0.2, 0) is 12.0 Å². The van der Waals surface area contributed by atoms with Gasteiger partial charge in [-0.1, -0.05) is 91.0 Å². The third-order valence-corrected chi connectivity index (χ3v) is 7.29. The van der Waals surface area contributed by atoms with Crippen molar-refractivity contribution in [3.8, 4) is 11.3 Å². The number of aromatic nitrogens is 3. The lowest BCUT2D eigenvalue weighted by molar-refractivity contribution is 0.442. The Bertz CT molecular complexity index is 1470. The van der Waals surface area contributed by atoms with Gasteiger partial charge in [-0.25, -0.2) is 9.67 Å². The summed E-state index contributed by atoms with van der Waals surface area (Å²) in [7, 11) is 0. The Kier molecular flexibility index (Phi) is 6.26. The Labute approximate surface area is 223 Å². The predicted molar refractivity (Wildman–Crippen MR) is 155 cm³/mol. The highest BCUT2D eigenvalue weighted by atomic mass is 15.3. The summed E-state index contributed by atoms with van der Waals surface area (Å²) < 4.78 is 2.26. The van der Waals surface area contributed by atoms with Crippen molar-refractivity contribution in [3.05, 3.63) is 143 Å². The van der Waals surface area contributed by atoms with Gasteiger partial charge in [-0.15, -0.1) is 0 Å². The molecule has 0 radical (unpaired) electrons. The van der Waals surface area contributed by atoms with Crippen LogP contribution in [0.5, 0.6) is 0 Å². The summed E-state index contributed by atoms with van der Waals surface area (Å²) in [6.45, 7) is 2.87. The van der Waals surface area contributed by atoms with Crippen molar-refractivity contribution in [2.45, 2.75) is 25.3 Å². The lowest BCUT2D eigenvalue weighted by atomic mass is 9.76. The van der Waals surface area contributed by atoms with Gasteiger partial charge in [-0.2, -0.15) is 5.10 Å². The zero-order chi connectivity index (χ0) is 26.0. The number of anilines is 1. The molecule has 1 aliphatic carbocycles. The number of pyridine rings is 1. The highest BCUT2D eigenvalue weighted by molar-refractivity contribution is 5.77. The molecule has 2 heterocycles. The molecule has 2 aromatic heterocycles. The zero-order valence-electron chi connectivity index (χ0n) is 21.5. The summed E-state index contributed by atoms with van der Waals surface area (Å²) in [5.41, 5.74) is 14.3. The van der Waals surface area contributed by atoms with E-state index in [2.05, 4.69) is 125 Å². The maximum Gasteiger partial charge on any atom is 0.138 e. The van der Waals surface area contributed by atoms with Crippen molar-refractivity contribution in [2.75, 3.05) is 11.9 Å². The molecule has 3 N–H and O–H groups in total. The van der Waals surface area contributed by atoms with Gasteiger partial charge in [-0.05, 0) is 54.7 Å². The molecule has 3 aromatic carbocycles. The summed E-state index contributed by atoms with van der Waals surface area (Å²) in [5, 5.41) is 8.80. The minimum Gasteiger partial charge on any atom is -0.402 e. The highest BCUT2D eigenvalue weighted by Gasteiger charge is 2.42. The first-order valence-corrected chi connectivity index (χ1v) is 13.2. The van der Waals surface area contributed by atoms with E-state index in [-0.39, 0.29) is 0 Å². The molecular weight excluding hydrogens is 466 g/mol. The lowest BCUT2D eigenvalue weighted by Gasteiger charge is -2.38. The lowest BCUT2D eigenvalue weighted by Crippen LogP contribution is -2.40. The third kappa shape index (κ3) is 3.97. The Hall–Kier alpha value is -4.64. The average molecular weight is 498 g/mol. The topological polar surface area (TPSA) is 68.8 Å². The van der Waals surface area contributed by atoms with Gasteiger partial charge in [0.15, 0.2) is 0 Å².